The van der Waals surface area contributed by atoms with Crippen LogP contribution in [0.3, 0.4) is 0 Å². The van der Waals surface area contributed by atoms with Crippen molar-refractivity contribution in [3.63, 3.8) is 0 Å². The number of fused-ring (bicyclic) bond motifs is 1. The lowest BCUT2D eigenvalue weighted by atomic mass is 10.2. The minimum atomic E-state index is -0.989. The van der Waals surface area contributed by atoms with Gasteiger partial charge in [0.25, 0.3) is 5.91 Å². The van der Waals surface area contributed by atoms with E-state index in [9.17, 15) is 14.7 Å². The van der Waals surface area contributed by atoms with Crippen molar-refractivity contribution in [2.75, 3.05) is 0 Å². The second-order valence-corrected chi connectivity index (χ2v) is 7.11. The lowest BCUT2D eigenvalue weighted by Gasteiger charge is -2.10. The number of aryl methyl sites for hydroxylation is 1. The maximum atomic E-state index is 12.5. The highest BCUT2D eigenvalue weighted by Gasteiger charge is 2.19. The van der Waals surface area contributed by atoms with E-state index in [0.29, 0.717) is 15.4 Å². The van der Waals surface area contributed by atoms with Gasteiger partial charge in [0.05, 0.1) is 10.2 Å². The van der Waals surface area contributed by atoms with Crippen LogP contribution in [0, 0.1) is 6.92 Å². The number of halogens is 1. The summed E-state index contributed by atoms with van der Waals surface area (Å²) in [6.07, 6.45) is 0. The fourth-order valence-electron chi connectivity index (χ4n) is 2.49. The monoisotopic (exact) mass is 374 g/mol. The Bertz CT molecular complexity index is 1050. The predicted molar refractivity (Wildman–Crippen MR) is 98.2 cm³/mol. The fourth-order valence-corrected chi connectivity index (χ4v) is 3.87. The van der Waals surface area contributed by atoms with E-state index in [2.05, 4.69) is 4.99 Å². The van der Waals surface area contributed by atoms with Gasteiger partial charge in [-0.2, -0.15) is 4.99 Å². The zero-order valence-electron chi connectivity index (χ0n) is 13.6. The molecule has 0 fully saturated rings. The van der Waals surface area contributed by atoms with Crippen LogP contribution < -0.4 is 4.80 Å². The Morgan fingerprint density at radius 3 is 2.68 bits per heavy atom. The number of benzene rings is 2. The van der Waals surface area contributed by atoms with Crippen LogP contribution >= 0.6 is 22.9 Å². The second-order valence-electron chi connectivity index (χ2n) is 5.67. The Kier molecular flexibility index (Phi) is 4.74. The minimum Gasteiger partial charge on any atom is -0.480 e. The van der Waals surface area contributed by atoms with Crippen molar-refractivity contribution in [2.45, 2.75) is 19.9 Å². The molecule has 1 unspecified atom stereocenters. The van der Waals surface area contributed by atoms with E-state index in [1.54, 1.807) is 29.7 Å². The van der Waals surface area contributed by atoms with Gasteiger partial charge >= 0.3 is 5.97 Å². The molecule has 5 nitrogen and oxygen atoms in total. The number of thiazole rings is 1. The van der Waals surface area contributed by atoms with Crippen LogP contribution in [0.4, 0.5) is 0 Å². The summed E-state index contributed by atoms with van der Waals surface area (Å²) in [5, 5.41) is 9.86. The number of amides is 1. The number of aliphatic carboxylic acids is 1. The summed E-state index contributed by atoms with van der Waals surface area (Å²) in [7, 11) is 0. The lowest BCUT2D eigenvalue weighted by Crippen LogP contribution is -2.25. The number of carbonyl (C=O) groups is 2. The van der Waals surface area contributed by atoms with Crippen molar-refractivity contribution in [3.05, 3.63) is 63.4 Å². The lowest BCUT2D eigenvalue weighted by molar-refractivity contribution is -0.140. The number of hydrogen-bond donors (Lipinski definition) is 1. The molecule has 1 amide bonds. The quantitative estimate of drug-likeness (QED) is 0.751. The van der Waals surface area contributed by atoms with Crippen LogP contribution in [0.5, 0.6) is 0 Å². The zero-order chi connectivity index (χ0) is 18.1. The number of hydrogen-bond acceptors (Lipinski definition) is 3. The molecule has 25 heavy (non-hydrogen) atoms. The second kappa shape index (κ2) is 6.82. The molecule has 2 aromatic carbocycles. The first-order valence-corrected chi connectivity index (χ1v) is 8.75. The fraction of sp³-hybridized carbons (Fsp3) is 0.167. The summed E-state index contributed by atoms with van der Waals surface area (Å²) < 4.78 is 2.45. The molecule has 7 heteroatoms. The van der Waals surface area contributed by atoms with E-state index in [1.165, 1.54) is 17.4 Å². The largest absolute Gasteiger partial charge is 0.480 e. The Balaban J connectivity index is 2.22. The normalized spacial score (nSPS) is 13.2. The molecule has 0 saturated carbocycles. The standard InChI is InChI=1S/C18H15ClN2O3S/c1-10-6-7-14-15(8-10)25-18(21(14)11(2)17(23)24)20-16(22)12-4-3-5-13(19)9-12/h3-9,11H,1-2H3,(H,23,24)/b20-18-. The van der Waals surface area contributed by atoms with Gasteiger partial charge in [-0.1, -0.05) is 35.1 Å². The topological polar surface area (TPSA) is 71.7 Å². The molecule has 3 rings (SSSR count). The van der Waals surface area contributed by atoms with Crippen LogP contribution in [0.15, 0.2) is 47.5 Å². The third-order valence-corrected chi connectivity index (χ3v) is 5.05. The number of rotatable bonds is 3. The van der Waals surface area contributed by atoms with Gasteiger partial charge in [0.15, 0.2) is 4.80 Å². The first-order chi connectivity index (χ1) is 11.9. The highest BCUT2D eigenvalue weighted by Crippen LogP contribution is 2.22. The molecular weight excluding hydrogens is 360 g/mol. The molecule has 1 heterocycles. The highest BCUT2D eigenvalue weighted by molar-refractivity contribution is 7.16. The third-order valence-electron chi connectivity index (χ3n) is 3.80. The molecule has 0 aliphatic heterocycles. The van der Waals surface area contributed by atoms with E-state index in [-0.39, 0.29) is 0 Å². The summed E-state index contributed by atoms with van der Waals surface area (Å²) in [5.41, 5.74) is 2.15. The maximum absolute atomic E-state index is 12.5. The van der Waals surface area contributed by atoms with E-state index in [1.807, 2.05) is 25.1 Å². The third kappa shape index (κ3) is 3.50. The first-order valence-electron chi connectivity index (χ1n) is 7.56. The number of aromatic nitrogens is 1. The highest BCUT2D eigenvalue weighted by atomic mass is 35.5. The number of carboxylic acid groups (broad SMARTS) is 1. The molecule has 0 aliphatic carbocycles. The van der Waals surface area contributed by atoms with Gasteiger partial charge in [-0.25, -0.2) is 4.79 Å². The van der Waals surface area contributed by atoms with Crippen molar-refractivity contribution in [2.24, 2.45) is 4.99 Å². The molecular formula is C18H15ClN2O3S. The molecule has 1 N–H and O–H groups in total. The summed E-state index contributed by atoms with van der Waals surface area (Å²) in [4.78, 5) is 28.5. The van der Waals surface area contributed by atoms with Gasteiger partial charge in [0, 0.05) is 10.6 Å². The van der Waals surface area contributed by atoms with Crippen molar-refractivity contribution >= 4 is 45.0 Å². The summed E-state index contributed by atoms with van der Waals surface area (Å²) in [6.45, 7) is 3.52. The zero-order valence-corrected chi connectivity index (χ0v) is 15.1. The van der Waals surface area contributed by atoms with Crippen molar-refractivity contribution in [1.82, 2.24) is 4.57 Å². The van der Waals surface area contributed by atoms with Crippen LogP contribution in [0.25, 0.3) is 10.2 Å². The van der Waals surface area contributed by atoms with Gasteiger partial charge in [0.2, 0.25) is 0 Å². The molecule has 0 aliphatic rings. The Morgan fingerprint density at radius 2 is 2.00 bits per heavy atom. The molecule has 3 aromatic rings. The van der Waals surface area contributed by atoms with Crippen LogP contribution in [0.2, 0.25) is 5.02 Å². The Hall–Kier alpha value is -2.44. The molecule has 0 bridgehead atoms. The van der Waals surface area contributed by atoms with Crippen LogP contribution in [-0.2, 0) is 4.79 Å². The molecule has 0 spiro atoms. The average Bonchev–Trinajstić information content (AvgIpc) is 2.90. The minimum absolute atomic E-state index is 0.348. The number of carboxylic acids is 1. The number of carbonyl (C=O) groups excluding carboxylic acids is 1. The average molecular weight is 375 g/mol. The van der Waals surface area contributed by atoms with Crippen LogP contribution in [0.1, 0.15) is 28.9 Å². The van der Waals surface area contributed by atoms with E-state index in [0.717, 1.165) is 15.8 Å². The summed E-state index contributed by atoms with van der Waals surface area (Å²) >= 11 is 7.21. The maximum Gasteiger partial charge on any atom is 0.326 e. The van der Waals surface area contributed by atoms with Crippen molar-refractivity contribution in [1.29, 1.82) is 0 Å². The van der Waals surface area contributed by atoms with E-state index < -0.39 is 17.9 Å². The molecule has 1 atom stereocenters. The SMILES string of the molecule is Cc1ccc2c(c1)s/c(=N\C(=O)c1cccc(Cl)c1)n2C(C)C(=O)O. The Morgan fingerprint density at radius 1 is 1.24 bits per heavy atom. The van der Waals surface area contributed by atoms with Gasteiger partial charge in [-0.15, -0.1) is 0 Å². The first kappa shape index (κ1) is 17.4. The van der Waals surface area contributed by atoms with Crippen molar-refractivity contribution < 1.29 is 14.7 Å². The van der Waals surface area contributed by atoms with Gasteiger partial charge < -0.3 is 9.67 Å². The van der Waals surface area contributed by atoms with Gasteiger partial charge in [-0.05, 0) is 49.7 Å². The van der Waals surface area contributed by atoms with Crippen molar-refractivity contribution in [3.8, 4) is 0 Å². The smallest absolute Gasteiger partial charge is 0.326 e. The summed E-state index contributed by atoms with van der Waals surface area (Å²) in [5.74, 6) is -1.45. The summed E-state index contributed by atoms with van der Waals surface area (Å²) in [6, 6.07) is 11.4. The Labute approximate surface area is 152 Å². The predicted octanol–water partition coefficient (Wildman–Crippen LogP) is 4.05. The van der Waals surface area contributed by atoms with E-state index >= 15 is 0 Å². The van der Waals surface area contributed by atoms with Crippen LogP contribution in [-0.4, -0.2) is 21.6 Å². The molecule has 1 aromatic heterocycles. The van der Waals surface area contributed by atoms with E-state index in [4.69, 9.17) is 11.6 Å². The molecule has 128 valence electrons. The molecule has 0 radical (unpaired) electrons. The molecule has 0 saturated heterocycles. The van der Waals surface area contributed by atoms with Gasteiger partial charge in [0.1, 0.15) is 6.04 Å². The van der Waals surface area contributed by atoms with Gasteiger partial charge in [-0.3, -0.25) is 4.79 Å². The number of nitrogens with zero attached hydrogens (tertiary/aromatic N) is 2.